The van der Waals surface area contributed by atoms with E-state index in [-0.39, 0.29) is 6.17 Å². The van der Waals surface area contributed by atoms with Gasteiger partial charge < -0.3 is 30.3 Å². The Labute approximate surface area is 255 Å². The number of ether oxygens (including phenoxy) is 2. The van der Waals surface area contributed by atoms with Crippen molar-refractivity contribution in [3.05, 3.63) is 137 Å². The number of allylic oxidation sites excluding steroid dienone is 4. The third-order valence-corrected chi connectivity index (χ3v) is 7.47. The van der Waals surface area contributed by atoms with Gasteiger partial charge in [-0.1, -0.05) is 73.4 Å². The second kappa shape index (κ2) is 14.5. The predicted octanol–water partition coefficient (Wildman–Crippen LogP) is 6.19. The van der Waals surface area contributed by atoms with Crippen LogP contribution < -0.4 is 16.0 Å². The molecule has 222 valence electrons. The van der Waals surface area contributed by atoms with Gasteiger partial charge in [-0.3, -0.25) is 0 Å². The minimum atomic E-state index is -0.0626. The summed E-state index contributed by atoms with van der Waals surface area (Å²) in [7, 11) is 5.96. The first kappa shape index (κ1) is 29.9. The number of rotatable bonds is 10. The van der Waals surface area contributed by atoms with Gasteiger partial charge in [-0.05, 0) is 73.1 Å². The molecule has 3 N–H and O–H groups in total. The minimum Gasteiger partial charge on any atom is -0.473 e. The number of likely N-dealkylation sites (N-methyl/N-ethyl adjacent to an activating group) is 1. The van der Waals surface area contributed by atoms with Crippen LogP contribution in [0.25, 0.3) is 11.8 Å². The van der Waals surface area contributed by atoms with Gasteiger partial charge in [0, 0.05) is 31.5 Å². The Morgan fingerprint density at radius 2 is 1.81 bits per heavy atom. The van der Waals surface area contributed by atoms with Crippen molar-refractivity contribution >= 4 is 23.4 Å². The number of nitrogens with zero attached hydrogens (tertiary/aromatic N) is 2. The number of hydrogen-bond acceptors (Lipinski definition) is 7. The Morgan fingerprint density at radius 1 is 1.02 bits per heavy atom. The lowest BCUT2D eigenvalue weighted by Gasteiger charge is -2.23. The quantitative estimate of drug-likeness (QED) is 0.294. The molecule has 2 aromatic rings. The number of anilines is 1. The lowest BCUT2D eigenvalue weighted by atomic mass is 9.98. The summed E-state index contributed by atoms with van der Waals surface area (Å²) in [5.74, 6) is 0.535. The zero-order chi connectivity index (χ0) is 30.0. The van der Waals surface area contributed by atoms with Crippen molar-refractivity contribution in [1.82, 2.24) is 15.5 Å². The van der Waals surface area contributed by atoms with Gasteiger partial charge in [0.25, 0.3) is 0 Å². The van der Waals surface area contributed by atoms with Crippen LogP contribution in [-0.4, -0.2) is 57.8 Å². The van der Waals surface area contributed by atoms with E-state index in [1.54, 1.807) is 7.11 Å². The Kier molecular flexibility index (Phi) is 10.1. The van der Waals surface area contributed by atoms with Crippen molar-refractivity contribution in [1.29, 1.82) is 0 Å². The topological polar surface area (TPSA) is 70.2 Å². The molecule has 2 unspecified atom stereocenters. The highest BCUT2D eigenvalue weighted by molar-refractivity contribution is 5.92. The summed E-state index contributed by atoms with van der Waals surface area (Å²) in [5.41, 5.74) is 8.46. The molecule has 0 fully saturated rings. The number of benzene rings is 2. The Bertz CT molecular complexity index is 1490. The van der Waals surface area contributed by atoms with Crippen molar-refractivity contribution in [2.45, 2.75) is 18.6 Å². The van der Waals surface area contributed by atoms with Crippen molar-refractivity contribution in [3.63, 3.8) is 0 Å². The van der Waals surface area contributed by atoms with E-state index in [0.717, 1.165) is 46.7 Å². The van der Waals surface area contributed by atoms with E-state index in [2.05, 4.69) is 113 Å². The highest BCUT2D eigenvalue weighted by atomic mass is 16.5. The summed E-state index contributed by atoms with van der Waals surface area (Å²) in [5, 5.41) is 10.9. The molecule has 5 rings (SSSR count). The van der Waals surface area contributed by atoms with Gasteiger partial charge >= 0.3 is 0 Å². The molecule has 0 radical (unpaired) electrons. The van der Waals surface area contributed by atoms with Crippen LogP contribution in [0, 0.1) is 0 Å². The number of methoxy groups -OCH3 is 1. The molecular formula is C36H41N5O2. The molecule has 7 heteroatoms. The van der Waals surface area contributed by atoms with Crippen LogP contribution in [0.1, 0.15) is 29.3 Å². The van der Waals surface area contributed by atoms with E-state index in [1.807, 2.05) is 36.5 Å². The molecule has 0 spiro atoms. The molecule has 3 aliphatic rings. The number of aliphatic imine (C=N–C) groups is 1. The van der Waals surface area contributed by atoms with Gasteiger partial charge in [0.05, 0.1) is 23.7 Å². The Balaban J connectivity index is 1.33. The molecule has 0 saturated carbocycles. The molecule has 2 heterocycles. The maximum atomic E-state index is 5.76. The third kappa shape index (κ3) is 8.03. The van der Waals surface area contributed by atoms with Gasteiger partial charge in [-0.25, -0.2) is 4.99 Å². The van der Waals surface area contributed by atoms with E-state index in [4.69, 9.17) is 9.47 Å². The maximum absolute atomic E-state index is 5.76. The summed E-state index contributed by atoms with van der Waals surface area (Å²) in [6, 6.07) is 17.5. The molecule has 7 nitrogen and oxygen atoms in total. The van der Waals surface area contributed by atoms with Gasteiger partial charge in [0.1, 0.15) is 12.8 Å². The highest BCUT2D eigenvalue weighted by Gasteiger charge is 2.27. The maximum Gasteiger partial charge on any atom is 0.214 e. The smallest absolute Gasteiger partial charge is 0.214 e. The molecule has 1 aliphatic carbocycles. The average Bonchev–Trinajstić information content (AvgIpc) is 3.51. The van der Waals surface area contributed by atoms with Crippen LogP contribution in [0.15, 0.2) is 126 Å². The summed E-state index contributed by atoms with van der Waals surface area (Å²) in [6.45, 7) is 5.86. The number of nitrogens with one attached hydrogen (secondary N) is 3. The van der Waals surface area contributed by atoms with E-state index in [0.29, 0.717) is 30.9 Å². The van der Waals surface area contributed by atoms with Crippen LogP contribution in [0.5, 0.6) is 0 Å². The summed E-state index contributed by atoms with van der Waals surface area (Å²) in [4.78, 5) is 6.70. The van der Waals surface area contributed by atoms with Gasteiger partial charge in [-0.2, -0.15) is 0 Å². The minimum absolute atomic E-state index is 0.0626. The molecule has 43 heavy (non-hydrogen) atoms. The molecule has 2 aliphatic heterocycles. The van der Waals surface area contributed by atoms with Gasteiger partial charge in [0.15, 0.2) is 0 Å². The van der Waals surface area contributed by atoms with Crippen molar-refractivity contribution in [3.8, 4) is 0 Å². The largest absolute Gasteiger partial charge is 0.473 e. The zero-order valence-corrected chi connectivity index (χ0v) is 25.2. The van der Waals surface area contributed by atoms with Crippen molar-refractivity contribution in [2.24, 2.45) is 4.99 Å². The molecule has 0 bridgehead atoms. The van der Waals surface area contributed by atoms with Gasteiger partial charge in [-0.15, -0.1) is 0 Å². The molecule has 0 aromatic heterocycles. The van der Waals surface area contributed by atoms with E-state index >= 15 is 0 Å². The second-order valence-electron chi connectivity index (χ2n) is 10.8. The first-order valence-corrected chi connectivity index (χ1v) is 14.7. The number of hydrogen-bond donors (Lipinski definition) is 3. The molecule has 0 saturated heterocycles. The molecule has 2 aromatic carbocycles. The molecular weight excluding hydrogens is 534 g/mol. The fraction of sp³-hybridized carbons (Fsp3) is 0.250. The fourth-order valence-electron chi connectivity index (χ4n) is 5.02. The highest BCUT2D eigenvalue weighted by Crippen LogP contribution is 2.33. The summed E-state index contributed by atoms with van der Waals surface area (Å²) in [6.07, 6.45) is 19.3. The zero-order valence-electron chi connectivity index (χ0n) is 25.2. The standard InChI is InChI=1S/C36H41N5O2/c1-26-8-6-5-7-24-43-33(38-26)22-11-27-9-12-30(13-10-27)36-39-34(28-14-18-31(19-15-28)37-23-25-42-4)35(40-36)29-16-20-32(21-17-29)41(2)3/h5-20,22,32,36-37,39-40H,1,21,23-25H2,2-4H3/b7-5-,8-6-,22-11+,38-33?. The first-order valence-electron chi connectivity index (χ1n) is 14.7. The van der Waals surface area contributed by atoms with E-state index in [9.17, 15) is 0 Å². The lowest BCUT2D eigenvalue weighted by molar-refractivity contribution is 0.211. The van der Waals surface area contributed by atoms with Crippen LogP contribution in [-0.2, 0) is 9.47 Å². The van der Waals surface area contributed by atoms with Crippen LogP contribution in [0.4, 0.5) is 5.69 Å². The summed E-state index contributed by atoms with van der Waals surface area (Å²) >= 11 is 0. The van der Waals surface area contributed by atoms with Crippen molar-refractivity contribution in [2.75, 3.05) is 46.3 Å². The summed E-state index contributed by atoms with van der Waals surface area (Å²) < 4.78 is 10.9. The van der Waals surface area contributed by atoms with E-state index in [1.165, 1.54) is 5.57 Å². The predicted molar refractivity (Wildman–Crippen MR) is 178 cm³/mol. The normalized spacial score (nSPS) is 21.7. The van der Waals surface area contributed by atoms with E-state index < -0.39 is 0 Å². The average molecular weight is 576 g/mol. The van der Waals surface area contributed by atoms with Crippen LogP contribution in [0.3, 0.4) is 0 Å². The van der Waals surface area contributed by atoms with Crippen LogP contribution >= 0.6 is 0 Å². The van der Waals surface area contributed by atoms with Crippen molar-refractivity contribution < 1.29 is 9.47 Å². The molecule has 0 amide bonds. The Morgan fingerprint density at radius 3 is 2.53 bits per heavy atom. The third-order valence-electron chi connectivity index (χ3n) is 7.47. The Hall–Kier alpha value is -4.59. The fourth-order valence-corrected chi connectivity index (χ4v) is 5.02. The SMILES string of the molecule is C=C1/C=C\C=C/COC(/C=C/c2ccc(C3NC(C4=CCC(N(C)C)C=C4)=C(c4ccc(NCCOC)cc4)N3)cc2)=N1. The lowest BCUT2D eigenvalue weighted by Crippen LogP contribution is -2.27. The second-order valence-corrected chi connectivity index (χ2v) is 10.8. The first-order chi connectivity index (χ1) is 21.0. The van der Waals surface area contributed by atoms with Crippen LogP contribution in [0.2, 0.25) is 0 Å². The molecule has 2 atom stereocenters. The monoisotopic (exact) mass is 575 g/mol. The van der Waals surface area contributed by atoms with Gasteiger partial charge in [0.2, 0.25) is 5.90 Å².